The fraction of sp³-hybridized carbons (Fsp3) is 0. The molecule has 7 aromatic carbocycles. The van der Waals surface area contributed by atoms with Crippen molar-refractivity contribution in [2.75, 3.05) is 0 Å². The van der Waals surface area contributed by atoms with Gasteiger partial charge in [-0.2, -0.15) is 0 Å². The van der Waals surface area contributed by atoms with Crippen LogP contribution < -0.4 is 0 Å². The maximum Gasteiger partial charge on any atom is 0.0973 e. The summed E-state index contributed by atoms with van der Waals surface area (Å²) in [6.07, 6.45) is 0. The van der Waals surface area contributed by atoms with Crippen molar-refractivity contribution in [1.29, 1.82) is 0 Å². The second kappa shape index (κ2) is 12.4. The summed E-state index contributed by atoms with van der Waals surface area (Å²) in [4.78, 5) is 20.8. The smallest absolute Gasteiger partial charge is 0.0973 e. The van der Waals surface area contributed by atoms with Crippen LogP contribution in [0.2, 0.25) is 0 Å². The number of aromatic nitrogens is 4. The molecule has 0 bridgehead atoms. The third kappa shape index (κ3) is 5.26. The molecule has 0 radical (unpaired) electrons. The average molecular weight is 663 g/mol. The van der Waals surface area contributed by atoms with Crippen molar-refractivity contribution >= 4 is 43.6 Å². The Morgan fingerprint density at radius 2 is 0.750 bits per heavy atom. The van der Waals surface area contributed by atoms with Gasteiger partial charge in [0.15, 0.2) is 0 Å². The van der Waals surface area contributed by atoms with E-state index in [4.69, 9.17) is 19.9 Å². The first kappa shape index (κ1) is 29.8. The maximum atomic E-state index is 5.33. The first-order chi connectivity index (χ1) is 25.7. The van der Waals surface area contributed by atoms with Gasteiger partial charge < -0.3 is 0 Å². The molecule has 4 heteroatoms. The van der Waals surface area contributed by atoms with Gasteiger partial charge in [0.1, 0.15) is 0 Å². The number of benzene rings is 7. The van der Waals surface area contributed by atoms with Gasteiger partial charge in [0.05, 0.1) is 44.8 Å². The molecule has 0 aliphatic rings. The van der Waals surface area contributed by atoms with Gasteiger partial charge in [0.25, 0.3) is 0 Å². The maximum absolute atomic E-state index is 5.33. The molecule has 3 heterocycles. The van der Waals surface area contributed by atoms with E-state index in [1.807, 2.05) is 54.6 Å². The second-order valence-electron chi connectivity index (χ2n) is 13.1. The van der Waals surface area contributed by atoms with Crippen LogP contribution in [0.25, 0.3) is 99.8 Å². The molecule has 0 aliphatic heterocycles. The summed E-state index contributed by atoms with van der Waals surface area (Å²) in [7, 11) is 0. The zero-order valence-corrected chi connectivity index (χ0v) is 28.1. The van der Waals surface area contributed by atoms with E-state index in [1.165, 1.54) is 0 Å². The molecule has 10 aromatic rings. The van der Waals surface area contributed by atoms with E-state index in [0.717, 1.165) is 99.8 Å². The number of para-hydroxylation sites is 1. The zero-order chi connectivity index (χ0) is 34.4. The quantitative estimate of drug-likeness (QED) is 0.172. The van der Waals surface area contributed by atoms with Gasteiger partial charge in [0.2, 0.25) is 0 Å². The van der Waals surface area contributed by atoms with Gasteiger partial charge >= 0.3 is 0 Å². The predicted octanol–water partition coefficient (Wildman–Crippen LogP) is 12.2. The van der Waals surface area contributed by atoms with E-state index in [0.29, 0.717) is 0 Å². The van der Waals surface area contributed by atoms with Crippen LogP contribution in [0.5, 0.6) is 0 Å². The van der Waals surface area contributed by atoms with Crippen molar-refractivity contribution in [2.45, 2.75) is 0 Å². The minimum Gasteiger partial charge on any atom is -0.245 e. The first-order valence-corrected chi connectivity index (χ1v) is 17.5. The van der Waals surface area contributed by atoms with Crippen molar-refractivity contribution in [2.24, 2.45) is 0 Å². The molecule has 242 valence electrons. The minimum atomic E-state index is 0.867. The van der Waals surface area contributed by atoms with Crippen LogP contribution in [0.1, 0.15) is 0 Å². The molecule has 52 heavy (non-hydrogen) atoms. The van der Waals surface area contributed by atoms with Crippen molar-refractivity contribution in [3.63, 3.8) is 0 Å². The number of nitrogens with zero attached hydrogens (tertiary/aromatic N) is 4. The number of hydrogen-bond acceptors (Lipinski definition) is 4. The zero-order valence-electron chi connectivity index (χ0n) is 28.1. The monoisotopic (exact) mass is 662 g/mol. The molecule has 0 spiro atoms. The Morgan fingerprint density at radius 3 is 1.37 bits per heavy atom. The summed E-state index contributed by atoms with van der Waals surface area (Å²) in [6.45, 7) is 0. The van der Waals surface area contributed by atoms with Crippen molar-refractivity contribution < 1.29 is 0 Å². The van der Waals surface area contributed by atoms with Crippen LogP contribution >= 0.6 is 0 Å². The van der Waals surface area contributed by atoms with Crippen LogP contribution in [0.15, 0.2) is 182 Å². The number of hydrogen-bond donors (Lipinski definition) is 0. The standard InChI is InChI=1S/C48H30N4/c1-4-11-31(12-5-1)41-27-25-34-19-20-35-26-28-42(50-46(35)45(34)49-41)39-24-22-36-29-38(23-21-37(36)30-39)40-17-10-18-43-48(40)52-47(33-15-8-3-9-16-33)44(51-43)32-13-6-2-7-14-32/h1-30H. The third-order valence-electron chi connectivity index (χ3n) is 9.83. The molecule has 0 fully saturated rings. The fourth-order valence-corrected chi connectivity index (χ4v) is 7.18. The number of fused-ring (bicyclic) bond motifs is 5. The lowest BCUT2D eigenvalue weighted by Gasteiger charge is -2.13. The highest BCUT2D eigenvalue weighted by atomic mass is 14.8. The molecule has 4 nitrogen and oxygen atoms in total. The lowest BCUT2D eigenvalue weighted by atomic mass is 9.97. The van der Waals surface area contributed by atoms with E-state index < -0.39 is 0 Å². The Bertz CT molecular complexity index is 2940. The second-order valence-corrected chi connectivity index (χ2v) is 13.1. The Balaban J connectivity index is 1.06. The summed E-state index contributed by atoms with van der Waals surface area (Å²) in [5, 5.41) is 4.45. The molecule has 0 amide bonds. The van der Waals surface area contributed by atoms with Gasteiger partial charge in [-0.3, -0.25) is 0 Å². The lowest BCUT2D eigenvalue weighted by molar-refractivity contribution is 1.29. The Hall–Kier alpha value is -7.04. The SMILES string of the molecule is c1ccc(-c2ccc3ccc4ccc(-c5ccc6cc(-c7cccc8nc(-c9ccccc9)c(-c9ccccc9)nc78)ccc6c5)nc4c3n2)cc1. The number of pyridine rings is 2. The summed E-state index contributed by atoms with van der Waals surface area (Å²) in [6, 6.07) is 63.2. The third-order valence-corrected chi connectivity index (χ3v) is 9.83. The average Bonchev–Trinajstić information content (AvgIpc) is 3.23. The van der Waals surface area contributed by atoms with Crippen molar-refractivity contribution in [1.82, 2.24) is 19.9 Å². The molecule has 10 rings (SSSR count). The topological polar surface area (TPSA) is 51.6 Å². The van der Waals surface area contributed by atoms with Gasteiger partial charge in [0, 0.05) is 38.6 Å². The minimum absolute atomic E-state index is 0.867. The van der Waals surface area contributed by atoms with Crippen LogP contribution in [-0.2, 0) is 0 Å². The Kier molecular flexibility index (Phi) is 7.10. The first-order valence-electron chi connectivity index (χ1n) is 17.5. The van der Waals surface area contributed by atoms with E-state index >= 15 is 0 Å². The molecule has 0 N–H and O–H groups in total. The number of rotatable bonds is 5. The van der Waals surface area contributed by atoms with E-state index in [2.05, 4.69) is 127 Å². The van der Waals surface area contributed by atoms with Crippen molar-refractivity contribution in [3.05, 3.63) is 182 Å². The highest BCUT2D eigenvalue weighted by Gasteiger charge is 2.16. The molecule has 0 unspecified atom stereocenters. The molecular formula is C48H30N4. The van der Waals surface area contributed by atoms with Crippen LogP contribution in [-0.4, -0.2) is 19.9 Å². The Labute approximate surface area is 300 Å². The molecule has 0 saturated heterocycles. The largest absolute Gasteiger partial charge is 0.245 e. The fourth-order valence-electron chi connectivity index (χ4n) is 7.18. The van der Waals surface area contributed by atoms with Crippen molar-refractivity contribution in [3.8, 4) is 56.2 Å². The van der Waals surface area contributed by atoms with E-state index in [-0.39, 0.29) is 0 Å². The molecular weight excluding hydrogens is 633 g/mol. The van der Waals surface area contributed by atoms with Gasteiger partial charge in [-0.25, -0.2) is 19.9 Å². The predicted molar refractivity (Wildman–Crippen MR) is 215 cm³/mol. The molecule has 0 aliphatic carbocycles. The van der Waals surface area contributed by atoms with E-state index in [1.54, 1.807) is 0 Å². The highest BCUT2D eigenvalue weighted by Crippen LogP contribution is 2.36. The van der Waals surface area contributed by atoms with Crippen LogP contribution in [0, 0.1) is 0 Å². The highest BCUT2D eigenvalue weighted by molar-refractivity contribution is 6.04. The summed E-state index contributed by atoms with van der Waals surface area (Å²) in [5.74, 6) is 0. The lowest BCUT2D eigenvalue weighted by Crippen LogP contribution is -1.97. The van der Waals surface area contributed by atoms with Crippen LogP contribution in [0.3, 0.4) is 0 Å². The molecule has 0 atom stereocenters. The normalized spacial score (nSPS) is 11.5. The van der Waals surface area contributed by atoms with E-state index in [9.17, 15) is 0 Å². The van der Waals surface area contributed by atoms with Crippen LogP contribution in [0.4, 0.5) is 0 Å². The van der Waals surface area contributed by atoms with Gasteiger partial charge in [-0.1, -0.05) is 152 Å². The van der Waals surface area contributed by atoms with Gasteiger partial charge in [-0.05, 0) is 46.7 Å². The summed E-state index contributed by atoms with van der Waals surface area (Å²) >= 11 is 0. The van der Waals surface area contributed by atoms with Gasteiger partial charge in [-0.15, -0.1) is 0 Å². The molecule has 3 aromatic heterocycles. The molecule has 0 saturated carbocycles. The summed E-state index contributed by atoms with van der Waals surface area (Å²) < 4.78 is 0. The Morgan fingerprint density at radius 1 is 0.269 bits per heavy atom. The summed E-state index contributed by atoms with van der Waals surface area (Å²) in [5.41, 5.74) is 13.6.